The lowest BCUT2D eigenvalue weighted by Gasteiger charge is -2.35. The summed E-state index contributed by atoms with van der Waals surface area (Å²) in [6, 6.07) is -0.136. The van der Waals surface area contributed by atoms with Gasteiger partial charge in [-0.1, -0.05) is 19.3 Å². The Hall–Kier alpha value is -2.02. The molecule has 0 N–H and O–H groups in total. The molecule has 7 nitrogen and oxygen atoms in total. The number of fused-ring (bicyclic) bond motifs is 1. The summed E-state index contributed by atoms with van der Waals surface area (Å²) in [4.78, 5) is 38.7. The van der Waals surface area contributed by atoms with Crippen molar-refractivity contribution in [2.75, 3.05) is 31.7 Å². The fraction of sp³-hybridized carbons (Fsp3) is 0.727. The van der Waals surface area contributed by atoms with Crippen LogP contribution in [0, 0.1) is 12.8 Å². The van der Waals surface area contributed by atoms with Gasteiger partial charge in [0.1, 0.15) is 12.4 Å². The molecule has 2 aliphatic heterocycles. The van der Waals surface area contributed by atoms with E-state index in [-0.39, 0.29) is 24.5 Å². The van der Waals surface area contributed by atoms with Crippen molar-refractivity contribution >= 4 is 17.6 Å². The smallest absolute Gasteiger partial charge is 0.249 e. The Kier molecular flexibility index (Phi) is 6.13. The molecule has 3 aliphatic rings. The number of anilines is 1. The Morgan fingerprint density at radius 2 is 1.86 bits per heavy atom. The first-order valence-electron chi connectivity index (χ1n) is 11.0. The van der Waals surface area contributed by atoms with Crippen molar-refractivity contribution in [2.45, 2.75) is 70.8 Å². The molecule has 0 bridgehead atoms. The number of hydrogen-bond acceptors (Lipinski definition) is 5. The van der Waals surface area contributed by atoms with Gasteiger partial charge >= 0.3 is 0 Å². The number of aromatic nitrogens is 2. The Balaban J connectivity index is 1.62. The van der Waals surface area contributed by atoms with Gasteiger partial charge in [-0.2, -0.15) is 0 Å². The quantitative estimate of drug-likeness (QED) is 0.760. The number of carbonyl (C=O) groups is 2. The van der Waals surface area contributed by atoms with Crippen molar-refractivity contribution in [1.29, 1.82) is 0 Å². The fourth-order valence-corrected chi connectivity index (χ4v) is 5.07. The van der Waals surface area contributed by atoms with E-state index in [9.17, 15) is 9.59 Å². The third kappa shape index (κ3) is 4.15. The van der Waals surface area contributed by atoms with Crippen LogP contribution in [0.5, 0.6) is 0 Å². The third-order valence-electron chi connectivity index (χ3n) is 6.65. The molecule has 158 valence electrons. The topological polar surface area (TPSA) is 75.6 Å². The number of rotatable bonds is 5. The van der Waals surface area contributed by atoms with E-state index < -0.39 is 0 Å². The molecule has 7 heteroatoms. The molecule has 2 amide bonds. The Morgan fingerprint density at radius 1 is 1.10 bits per heavy atom. The fourth-order valence-electron chi connectivity index (χ4n) is 5.07. The van der Waals surface area contributed by atoms with Crippen molar-refractivity contribution in [1.82, 2.24) is 14.9 Å². The minimum Gasteiger partial charge on any atom is -0.375 e. The van der Waals surface area contributed by atoms with Gasteiger partial charge in [-0.05, 0) is 44.9 Å². The van der Waals surface area contributed by atoms with Gasteiger partial charge in [0.2, 0.25) is 11.8 Å². The van der Waals surface area contributed by atoms with E-state index in [1.807, 2.05) is 16.7 Å². The summed E-state index contributed by atoms with van der Waals surface area (Å²) in [6.07, 6.45) is 9.48. The summed E-state index contributed by atoms with van der Waals surface area (Å²) >= 11 is 0. The number of likely N-dealkylation sites (tertiary alicyclic amines) is 1. The normalized spacial score (nSPS) is 22.8. The van der Waals surface area contributed by atoms with Gasteiger partial charge in [0.15, 0.2) is 5.82 Å². The maximum atomic E-state index is 12.8. The highest BCUT2D eigenvalue weighted by Crippen LogP contribution is 2.36. The van der Waals surface area contributed by atoms with Crippen LogP contribution in [0.15, 0.2) is 0 Å². The van der Waals surface area contributed by atoms with Crippen molar-refractivity contribution in [2.24, 2.45) is 5.92 Å². The first-order valence-corrected chi connectivity index (χ1v) is 11.0. The average Bonchev–Trinajstić information content (AvgIpc) is 3.05. The summed E-state index contributed by atoms with van der Waals surface area (Å²) in [5, 5.41) is 0. The average molecular weight is 401 g/mol. The molecule has 1 saturated heterocycles. The third-order valence-corrected chi connectivity index (χ3v) is 6.65. The van der Waals surface area contributed by atoms with Crippen LogP contribution in [-0.2, 0) is 20.7 Å². The summed E-state index contributed by atoms with van der Waals surface area (Å²) in [5.74, 6) is 2.14. The molecule has 0 radical (unpaired) electrons. The highest BCUT2D eigenvalue weighted by Gasteiger charge is 2.36. The summed E-state index contributed by atoms with van der Waals surface area (Å²) in [7, 11) is 1.54. The molecule has 3 heterocycles. The molecular weight excluding hydrogens is 368 g/mol. The van der Waals surface area contributed by atoms with Crippen LogP contribution < -0.4 is 4.90 Å². The molecular formula is C22H32N4O3. The number of nitrogens with zero attached hydrogens (tertiary/aromatic N) is 4. The van der Waals surface area contributed by atoms with E-state index in [0.29, 0.717) is 24.7 Å². The van der Waals surface area contributed by atoms with E-state index in [2.05, 4.69) is 0 Å². The number of amides is 2. The Morgan fingerprint density at radius 3 is 2.62 bits per heavy atom. The van der Waals surface area contributed by atoms with Crippen molar-refractivity contribution in [3.8, 4) is 0 Å². The molecule has 0 spiro atoms. The minimum absolute atomic E-state index is 0.0194. The second-order valence-corrected chi connectivity index (χ2v) is 8.69. The molecule has 29 heavy (non-hydrogen) atoms. The predicted molar refractivity (Wildman–Crippen MR) is 110 cm³/mol. The monoisotopic (exact) mass is 400 g/mol. The lowest BCUT2D eigenvalue weighted by Crippen LogP contribution is -2.41. The van der Waals surface area contributed by atoms with Crippen LogP contribution >= 0.6 is 0 Å². The molecule has 4 rings (SSSR count). The van der Waals surface area contributed by atoms with Crippen molar-refractivity contribution in [3.63, 3.8) is 0 Å². The van der Waals surface area contributed by atoms with Crippen molar-refractivity contribution in [3.05, 3.63) is 17.1 Å². The number of hydrogen-bond donors (Lipinski definition) is 0. The summed E-state index contributed by atoms with van der Waals surface area (Å²) in [6.45, 7) is 3.51. The SMILES string of the molecule is COCC(=O)N1CCCC[C@H]1c1nc(C)c2c(n1)N(CC1CCCCC1)C(=O)C2. The van der Waals surface area contributed by atoms with E-state index in [0.717, 1.165) is 42.9 Å². The number of aryl methyl sites for hydroxylation is 1. The predicted octanol–water partition coefficient (Wildman–Crippen LogP) is 2.95. The highest BCUT2D eigenvalue weighted by molar-refractivity contribution is 6.00. The number of ether oxygens (including phenoxy) is 1. The standard InChI is InChI=1S/C22H32N4O3/c1-15-17-12-19(27)26(13-16-8-4-3-5-9-16)22(17)24-21(23-15)18-10-6-7-11-25(18)20(28)14-29-2/h16,18H,3-14H2,1-2H3/t18-/m0/s1. The van der Waals surface area contributed by atoms with Gasteiger partial charge < -0.3 is 9.64 Å². The van der Waals surface area contributed by atoms with Crippen LogP contribution in [0.3, 0.4) is 0 Å². The van der Waals surface area contributed by atoms with E-state index in [1.165, 1.54) is 32.1 Å². The van der Waals surface area contributed by atoms with Crippen LogP contribution in [0.25, 0.3) is 0 Å². The molecule has 1 aromatic rings. The van der Waals surface area contributed by atoms with Crippen molar-refractivity contribution < 1.29 is 14.3 Å². The molecule has 1 aliphatic carbocycles. The van der Waals surface area contributed by atoms with Gasteiger partial charge in [-0.3, -0.25) is 14.5 Å². The zero-order valence-corrected chi connectivity index (χ0v) is 17.7. The minimum atomic E-state index is -0.136. The maximum absolute atomic E-state index is 12.8. The van der Waals surface area contributed by atoms with Crippen LogP contribution in [0.1, 0.15) is 74.5 Å². The maximum Gasteiger partial charge on any atom is 0.249 e. The Bertz CT molecular complexity index is 776. The first-order chi connectivity index (χ1) is 14.1. The second-order valence-electron chi connectivity index (χ2n) is 8.69. The van der Waals surface area contributed by atoms with E-state index in [1.54, 1.807) is 7.11 Å². The molecule has 1 saturated carbocycles. The zero-order valence-electron chi connectivity index (χ0n) is 17.7. The number of carbonyl (C=O) groups excluding carboxylic acids is 2. The van der Waals surface area contributed by atoms with Gasteiger partial charge in [-0.15, -0.1) is 0 Å². The molecule has 1 aromatic heterocycles. The summed E-state index contributed by atoms with van der Waals surface area (Å²) < 4.78 is 5.07. The van der Waals surface area contributed by atoms with Crippen LogP contribution in [-0.4, -0.2) is 53.5 Å². The van der Waals surface area contributed by atoms with Gasteiger partial charge in [0, 0.05) is 31.5 Å². The molecule has 1 atom stereocenters. The van der Waals surface area contributed by atoms with Gasteiger partial charge in [0.05, 0.1) is 12.5 Å². The van der Waals surface area contributed by atoms with E-state index in [4.69, 9.17) is 14.7 Å². The number of methoxy groups -OCH3 is 1. The van der Waals surface area contributed by atoms with Crippen LogP contribution in [0.2, 0.25) is 0 Å². The molecule has 2 fully saturated rings. The van der Waals surface area contributed by atoms with Gasteiger partial charge in [0.25, 0.3) is 0 Å². The second kappa shape index (κ2) is 8.78. The Labute approximate surface area is 172 Å². The number of piperidine rings is 1. The lowest BCUT2D eigenvalue weighted by molar-refractivity contribution is -0.139. The lowest BCUT2D eigenvalue weighted by atomic mass is 9.89. The highest BCUT2D eigenvalue weighted by atomic mass is 16.5. The molecule has 0 aromatic carbocycles. The summed E-state index contributed by atoms with van der Waals surface area (Å²) in [5.41, 5.74) is 1.83. The molecule has 0 unspecified atom stereocenters. The largest absolute Gasteiger partial charge is 0.375 e. The van der Waals surface area contributed by atoms with Crippen LogP contribution in [0.4, 0.5) is 5.82 Å². The van der Waals surface area contributed by atoms with Gasteiger partial charge in [-0.25, -0.2) is 9.97 Å². The zero-order chi connectivity index (χ0) is 20.4. The first kappa shape index (κ1) is 20.3. The van der Waals surface area contributed by atoms with E-state index >= 15 is 0 Å².